The fraction of sp³-hybridized carbons (Fsp3) is 1.00. The van der Waals surface area contributed by atoms with Gasteiger partial charge in [0.1, 0.15) is 6.79 Å². The van der Waals surface area contributed by atoms with Gasteiger partial charge in [-0.05, 0) is 249 Å². The van der Waals surface area contributed by atoms with Crippen LogP contribution in [0.15, 0.2) is 0 Å². The van der Waals surface area contributed by atoms with E-state index in [-0.39, 0.29) is 0 Å². The zero-order valence-corrected chi connectivity index (χ0v) is 46.2. The van der Waals surface area contributed by atoms with Crippen LogP contribution in [-0.2, 0) is 23.7 Å². The van der Waals surface area contributed by atoms with E-state index in [0.717, 1.165) is 65.9 Å². The van der Waals surface area contributed by atoms with Gasteiger partial charge in [0.05, 0.1) is 19.8 Å². The van der Waals surface area contributed by atoms with Crippen LogP contribution in [0.2, 0.25) is 0 Å². The summed E-state index contributed by atoms with van der Waals surface area (Å²) in [5, 5.41) is 22.8. The summed E-state index contributed by atoms with van der Waals surface area (Å²) >= 11 is 4.17. The quantitative estimate of drug-likeness (QED) is 0.125. The molecule has 0 spiro atoms. The third kappa shape index (κ3) is 60.5. The molecular weight excluding hydrogens is 891 g/mol. The molecule has 0 bridgehead atoms. The van der Waals surface area contributed by atoms with Crippen molar-refractivity contribution in [2.45, 2.75) is 173 Å². The molecule has 0 unspecified atom stereocenters. The average molecular weight is 1010 g/mol. The highest BCUT2D eigenvalue weighted by molar-refractivity contribution is 7.99. The predicted molar refractivity (Wildman–Crippen MR) is 299 cm³/mol. The number of hydrogen-bond acceptors (Lipinski definition) is 14. The summed E-state index contributed by atoms with van der Waals surface area (Å²) < 4.78 is 24.6. The van der Waals surface area contributed by atoms with Gasteiger partial charge in [0, 0.05) is 39.6 Å². The molecule has 0 radical (unpaired) electrons. The van der Waals surface area contributed by atoms with Crippen molar-refractivity contribution in [3.8, 4) is 0 Å². The molecular formula is C54H115N7O5S2. The summed E-state index contributed by atoms with van der Waals surface area (Å²) in [6, 6.07) is 0. The van der Waals surface area contributed by atoms with E-state index >= 15 is 0 Å². The second-order valence-electron chi connectivity index (χ2n) is 18.8. The lowest BCUT2D eigenvalue weighted by atomic mass is 10.2. The van der Waals surface area contributed by atoms with E-state index in [0.29, 0.717) is 6.79 Å². The Balaban J connectivity index is 0.000000371. The molecule has 0 aromatic carbocycles. The minimum Gasteiger partial charge on any atom is -0.381 e. The Morgan fingerprint density at radius 3 is 0.618 bits per heavy atom. The second kappa shape index (κ2) is 63.3. The molecule has 0 aromatic rings. The van der Waals surface area contributed by atoms with Gasteiger partial charge in [-0.2, -0.15) is 23.5 Å². The van der Waals surface area contributed by atoms with Gasteiger partial charge in [0.2, 0.25) is 0 Å². The molecule has 12 saturated heterocycles. The van der Waals surface area contributed by atoms with Crippen molar-refractivity contribution >= 4 is 23.5 Å². The normalized spacial score (nSPS) is 24.0. The molecule has 7 N–H and O–H groups in total. The Morgan fingerprint density at radius 2 is 0.412 bits per heavy atom. The first-order valence-electron chi connectivity index (χ1n) is 29.0. The lowest BCUT2D eigenvalue weighted by Crippen LogP contribution is -2.21. The van der Waals surface area contributed by atoms with Gasteiger partial charge in [0.25, 0.3) is 0 Å². The van der Waals surface area contributed by atoms with Crippen molar-refractivity contribution < 1.29 is 23.7 Å². The Hall–Kier alpha value is 0.220. The summed E-state index contributed by atoms with van der Waals surface area (Å²) in [6.07, 6.45) is 37.4. The highest BCUT2D eigenvalue weighted by Crippen LogP contribution is 2.15. The smallest absolute Gasteiger partial charge is 0.146 e. The highest BCUT2D eigenvalue weighted by Gasteiger charge is 2.00. The molecule has 408 valence electrons. The molecule has 12 nitrogen and oxygen atoms in total. The Kier molecular flexibility index (Phi) is 61.7. The lowest BCUT2D eigenvalue weighted by molar-refractivity contribution is 0.0692. The van der Waals surface area contributed by atoms with Gasteiger partial charge in [-0.1, -0.05) is 32.1 Å². The standard InChI is InChI=1S/C5H11NO.4C5H11N.C5H10O.C5H10S.2C4H9N.C4H8O.C4H8S.C3H6O2/c1-2-6-3-5-7-4-1;6*1-2-4-6-5-3-1;4*1-2-4-5-3-1;1-2-5-3-4-1/h6H,1-5H2;4*6H,1-5H2;2*1-5H2;2*5H,1-4H2;2*1-4H2;1-3H2. The zero-order valence-electron chi connectivity index (χ0n) is 44.5. The van der Waals surface area contributed by atoms with Gasteiger partial charge in [-0.15, -0.1) is 0 Å². The van der Waals surface area contributed by atoms with Gasteiger partial charge < -0.3 is 60.9 Å². The average Bonchev–Trinajstić information content (AvgIpc) is 4.32. The minimum absolute atomic E-state index is 0.500. The summed E-state index contributed by atoms with van der Waals surface area (Å²) in [6.45, 7) is 25.0. The maximum atomic E-state index is 5.13. The maximum Gasteiger partial charge on any atom is 0.146 e. The first-order valence-corrected chi connectivity index (χ1v) is 31.3. The van der Waals surface area contributed by atoms with Crippen LogP contribution >= 0.6 is 23.5 Å². The van der Waals surface area contributed by atoms with Gasteiger partial charge >= 0.3 is 0 Å². The van der Waals surface area contributed by atoms with Crippen LogP contribution in [0, 0.1) is 0 Å². The maximum absolute atomic E-state index is 5.13. The number of rotatable bonds is 0. The van der Waals surface area contributed by atoms with E-state index in [2.05, 4.69) is 60.7 Å². The third-order valence-corrected chi connectivity index (χ3v) is 14.5. The van der Waals surface area contributed by atoms with Crippen LogP contribution < -0.4 is 37.2 Å². The zero-order chi connectivity index (χ0) is 48.1. The number of hydrogen-bond donors (Lipinski definition) is 7. The fourth-order valence-corrected chi connectivity index (χ4v) is 9.86. The number of thioether (sulfide) groups is 2. The van der Waals surface area contributed by atoms with E-state index in [1.54, 1.807) is 0 Å². The van der Waals surface area contributed by atoms with Gasteiger partial charge in [0.15, 0.2) is 0 Å². The third-order valence-electron chi connectivity index (χ3n) is 12.2. The summed E-state index contributed by atoms with van der Waals surface area (Å²) in [4.78, 5) is 0. The molecule has 0 aromatic heterocycles. The monoisotopic (exact) mass is 1010 g/mol. The minimum atomic E-state index is 0.500. The van der Waals surface area contributed by atoms with E-state index in [4.69, 9.17) is 23.7 Å². The fourth-order valence-electron chi connectivity index (χ4n) is 7.82. The molecule has 12 aliphatic heterocycles. The molecule has 12 rings (SSSR count). The largest absolute Gasteiger partial charge is 0.381 e. The molecule has 0 saturated carbocycles. The Morgan fingerprint density at radius 1 is 0.176 bits per heavy atom. The van der Waals surface area contributed by atoms with E-state index in [1.807, 2.05) is 0 Å². The SMILES string of the molecule is C1CCNC1.C1CCNC1.C1CCNCC1.C1CCNCC1.C1CCNCC1.C1CCNCC1.C1CCOC1.C1CCOCC1.C1CCSC1.C1CCSCC1.C1CNCCOC1.C1COCO1. The van der Waals surface area contributed by atoms with Crippen molar-refractivity contribution in [3.05, 3.63) is 0 Å². The van der Waals surface area contributed by atoms with E-state index < -0.39 is 0 Å². The molecule has 0 atom stereocenters. The molecule has 0 amide bonds. The number of nitrogens with one attached hydrogen (secondary N) is 7. The molecule has 14 heteroatoms. The van der Waals surface area contributed by atoms with Gasteiger partial charge in [-0.25, -0.2) is 0 Å². The summed E-state index contributed by atoms with van der Waals surface area (Å²) in [7, 11) is 0. The molecule has 68 heavy (non-hydrogen) atoms. The van der Waals surface area contributed by atoms with E-state index in [1.165, 1.54) is 275 Å². The van der Waals surface area contributed by atoms with Crippen molar-refractivity contribution in [2.75, 3.05) is 174 Å². The second-order valence-corrected chi connectivity index (χ2v) is 21.2. The molecule has 12 heterocycles. The number of ether oxygens (including phenoxy) is 5. The van der Waals surface area contributed by atoms with Crippen molar-refractivity contribution in [1.82, 2.24) is 37.2 Å². The van der Waals surface area contributed by atoms with Crippen molar-refractivity contribution in [1.29, 1.82) is 0 Å². The molecule has 12 aliphatic rings. The van der Waals surface area contributed by atoms with Crippen LogP contribution in [0.25, 0.3) is 0 Å². The number of piperidine rings is 4. The summed E-state index contributed by atoms with van der Waals surface area (Å²) in [5.41, 5.74) is 0. The Bertz CT molecular complexity index is 576. The topological polar surface area (TPSA) is 130 Å². The van der Waals surface area contributed by atoms with Crippen molar-refractivity contribution in [2.24, 2.45) is 0 Å². The van der Waals surface area contributed by atoms with Crippen LogP contribution in [-0.4, -0.2) is 174 Å². The van der Waals surface area contributed by atoms with Crippen LogP contribution in [0.5, 0.6) is 0 Å². The van der Waals surface area contributed by atoms with Crippen LogP contribution in [0.1, 0.15) is 173 Å². The van der Waals surface area contributed by atoms with E-state index in [9.17, 15) is 0 Å². The van der Waals surface area contributed by atoms with Crippen LogP contribution in [0.3, 0.4) is 0 Å². The predicted octanol–water partition coefficient (Wildman–Crippen LogP) is 9.17. The first-order chi connectivity index (χ1) is 34.0. The summed E-state index contributed by atoms with van der Waals surface area (Å²) in [5.74, 6) is 5.67. The van der Waals surface area contributed by atoms with Crippen molar-refractivity contribution in [3.63, 3.8) is 0 Å². The first kappa shape index (κ1) is 66.2. The Labute approximate surface area is 430 Å². The highest BCUT2D eigenvalue weighted by atomic mass is 32.2. The lowest BCUT2D eigenvalue weighted by Gasteiger charge is -2.08. The molecule has 12 fully saturated rings. The molecule has 0 aliphatic carbocycles. The van der Waals surface area contributed by atoms with Gasteiger partial charge in [-0.3, -0.25) is 0 Å². The van der Waals surface area contributed by atoms with Crippen LogP contribution in [0.4, 0.5) is 0 Å².